The van der Waals surface area contributed by atoms with E-state index in [9.17, 15) is 0 Å². The molecule has 0 aliphatic rings. The summed E-state index contributed by atoms with van der Waals surface area (Å²) < 4.78 is 9.20. The van der Waals surface area contributed by atoms with Crippen LogP contribution >= 0.6 is 49.9 Å². The van der Waals surface area contributed by atoms with Gasteiger partial charge in [0.2, 0.25) is 4.80 Å². The number of aromatic nitrogens is 1. The summed E-state index contributed by atoms with van der Waals surface area (Å²) >= 11 is 7.44. The van der Waals surface area contributed by atoms with Gasteiger partial charge in [0.25, 0.3) is 0 Å². The van der Waals surface area contributed by atoms with Gasteiger partial charge >= 0.3 is 0 Å². The van der Waals surface area contributed by atoms with Crippen LogP contribution in [0.1, 0.15) is 5.56 Å². The van der Waals surface area contributed by atoms with Gasteiger partial charge in [-0.15, -0.1) is 11.3 Å². The van der Waals surface area contributed by atoms with Gasteiger partial charge in [0.15, 0.2) is 0 Å². The zero-order valence-corrected chi connectivity index (χ0v) is 18.7. The van der Waals surface area contributed by atoms with Crippen LogP contribution in [0.3, 0.4) is 0 Å². The summed E-state index contributed by atoms with van der Waals surface area (Å²) in [6.45, 7) is 1.19. The number of ether oxygens (including phenoxy) is 1. The van der Waals surface area contributed by atoms with Crippen LogP contribution in [0.25, 0.3) is 11.3 Å². The second-order valence-electron chi connectivity index (χ2n) is 5.37. The Balaban J connectivity index is 2.06. The van der Waals surface area contributed by atoms with Gasteiger partial charge < -0.3 is 4.74 Å². The predicted octanol–water partition coefficient (Wildman–Crippen LogP) is 5.01. The molecule has 0 atom stereocenters. The minimum absolute atomic E-state index is 0.588. The number of hydrogen-bond donors (Lipinski definition) is 0. The van der Waals surface area contributed by atoms with Crippen LogP contribution in [0.15, 0.2) is 68.5 Å². The standard InChI is InChI=1S/C19H17BrIN3OS/c1-25-10-9-22-19-24(23-12-15-5-2-3-8-17(15)21)18(13-26-19)14-6-4-7-16(20)11-14/h2-8,11-13H,9-10H2,1H3/b22-19?,23-12+. The summed E-state index contributed by atoms with van der Waals surface area (Å²) in [5.74, 6) is 0. The Kier molecular flexibility index (Phi) is 7.18. The molecule has 0 aliphatic heterocycles. The van der Waals surface area contributed by atoms with Gasteiger partial charge in [-0.3, -0.25) is 4.99 Å². The molecule has 0 unspecified atom stereocenters. The molecule has 0 bridgehead atoms. The fraction of sp³-hybridized carbons (Fsp3) is 0.158. The van der Waals surface area contributed by atoms with E-state index < -0.39 is 0 Å². The van der Waals surface area contributed by atoms with Crippen LogP contribution < -0.4 is 4.80 Å². The third-order valence-electron chi connectivity index (χ3n) is 3.57. The van der Waals surface area contributed by atoms with E-state index >= 15 is 0 Å². The first-order chi connectivity index (χ1) is 12.7. The summed E-state index contributed by atoms with van der Waals surface area (Å²) in [5.41, 5.74) is 3.17. The van der Waals surface area contributed by atoms with E-state index in [0.717, 1.165) is 29.7 Å². The topological polar surface area (TPSA) is 38.9 Å². The molecule has 7 heteroatoms. The number of rotatable bonds is 6. The van der Waals surface area contributed by atoms with Crippen LogP contribution in [-0.2, 0) is 4.74 Å². The molecule has 0 saturated heterocycles. The van der Waals surface area contributed by atoms with Gasteiger partial charge in [-0.25, -0.2) is 4.68 Å². The monoisotopic (exact) mass is 541 g/mol. The largest absolute Gasteiger partial charge is 0.383 e. The Labute approximate surface area is 178 Å². The zero-order chi connectivity index (χ0) is 18.4. The molecule has 0 N–H and O–H groups in total. The Morgan fingerprint density at radius 3 is 2.85 bits per heavy atom. The van der Waals surface area contributed by atoms with Gasteiger partial charge in [-0.1, -0.05) is 46.3 Å². The lowest BCUT2D eigenvalue weighted by Gasteiger charge is -2.05. The molecule has 0 aliphatic carbocycles. The maximum atomic E-state index is 5.11. The van der Waals surface area contributed by atoms with Crippen molar-refractivity contribution < 1.29 is 4.74 Å². The van der Waals surface area contributed by atoms with Gasteiger partial charge in [0, 0.05) is 31.7 Å². The molecule has 0 saturated carbocycles. The van der Waals surface area contributed by atoms with Crippen molar-refractivity contribution >= 4 is 56.1 Å². The SMILES string of the molecule is COCCN=c1scc(-c2cccc(Br)c2)n1/N=C/c1ccccc1I. The number of thiazole rings is 1. The Morgan fingerprint density at radius 1 is 1.23 bits per heavy atom. The second-order valence-corrected chi connectivity index (χ2v) is 8.28. The molecule has 0 amide bonds. The second kappa shape index (κ2) is 9.59. The first-order valence-corrected chi connectivity index (χ1v) is 10.7. The number of benzene rings is 2. The fourth-order valence-corrected chi connectivity index (χ4v) is 4.09. The van der Waals surface area contributed by atoms with Crippen molar-refractivity contribution in [2.24, 2.45) is 10.1 Å². The quantitative estimate of drug-likeness (QED) is 0.245. The van der Waals surface area contributed by atoms with Crippen LogP contribution in [-0.4, -0.2) is 31.2 Å². The van der Waals surface area contributed by atoms with E-state index in [-0.39, 0.29) is 0 Å². The maximum Gasteiger partial charge on any atom is 0.206 e. The van der Waals surface area contributed by atoms with Crippen molar-refractivity contribution in [3.63, 3.8) is 0 Å². The molecular formula is C19H17BrIN3OS. The van der Waals surface area contributed by atoms with Crippen LogP contribution in [0, 0.1) is 3.57 Å². The molecule has 2 aromatic carbocycles. The number of nitrogens with zero attached hydrogens (tertiary/aromatic N) is 3. The highest BCUT2D eigenvalue weighted by Gasteiger charge is 2.08. The summed E-state index contributed by atoms with van der Waals surface area (Å²) in [7, 11) is 1.68. The lowest BCUT2D eigenvalue weighted by Crippen LogP contribution is -2.13. The average Bonchev–Trinajstić information content (AvgIpc) is 3.04. The molecule has 1 aromatic heterocycles. The number of hydrogen-bond acceptors (Lipinski definition) is 4. The first kappa shape index (κ1) is 19.5. The van der Waals surface area contributed by atoms with Crippen LogP contribution in [0.4, 0.5) is 0 Å². The molecular weight excluding hydrogens is 525 g/mol. The van der Waals surface area contributed by atoms with Crippen molar-refractivity contribution in [3.05, 3.63) is 72.3 Å². The highest BCUT2D eigenvalue weighted by Crippen LogP contribution is 2.23. The van der Waals surface area contributed by atoms with Gasteiger partial charge in [-0.2, -0.15) is 5.10 Å². The van der Waals surface area contributed by atoms with E-state index in [1.54, 1.807) is 18.4 Å². The molecule has 0 fully saturated rings. The normalized spacial score (nSPS) is 12.2. The van der Waals surface area contributed by atoms with Crippen molar-refractivity contribution in [1.29, 1.82) is 0 Å². The van der Waals surface area contributed by atoms with Crippen molar-refractivity contribution in [1.82, 2.24) is 4.68 Å². The van der Waals surface area contributed by atoms with Gasteiger partial charge in [0.05, 0.1) is 25.1 Å². The third-order valence-corrected chi connectivity index (χ3v) is 5.90. The zero-order valence-electron chi connectivity index (χ0n) is 14.1. The molecule has 0 radical (unpaired) electrons. The lowest BCUT2D eigenvalue weighted by atomic mass is 10.2. The first-order valence-electron chi connectivity index (χ1n) is 7.94. The average molecular weight is 542 g/mol. The van der Waals surface area contributed by atoms with Crippen molar-refractivity contribution in [2.75, 3.05) is 20.3 Å². The van der Waals surface area contributed by atoms with Gasteiger partial charge in [0.1, 0.15) is 0 Å². The van der Waals surface area contributed by atoms with E-state index in [1.165, 1.54) is 0 Å². The molecule has 3 rings (SSSR count). The van der Waals surface area contributed by atoms with E-state index in [0.29, 0.717) is 13.2 Å². The van der Waals surface area contributed by atoms with Crippen molar-refractivity contribution in [2.45, 2.75) is 0 Å². The molecule has 26 heavy (non-hydrogen) atoms. The predicted molar refractivity (Wildman–Crippen MR) is 120 cm³/mol. The summed E-state index contributed by atoms with van der Waals surface area (Å²) in [4.78, 5) is 5.47. The van der Waals surface area contributed by atoms with Crippen molar-refractivity contribution in [3.8, 4) is 11.3 Å². The molecule has 3 aromatic rings. The smallest absolute Gasteiger partial charge is 0.206 e. The van der Waals surface area contributed by atoms with E-state index in [4.69, 9.17) is 9.84 Å². The minimum atomic E-state index is 0.588. The summed E-state index contributed by atoms with van der Waals surface area (Å²) in [5, 5.41) is 6.81. The number of halogens is 2. The highest BCUT2D eigenvalue weighted by molar-refractivity contribution is 14.1. The summed E-state index contributed by atoms with van der Waals surface area (Å²) in [6, 6.07) is 16.4. The van der Waals surface area contributed by atoms with E-state index in [2.05, 4.69) is 73.2 Å². The maximum absolute atomic E-state index is 5.11. The minimum Gasteiger partial charge on any atom is -0.383 e. The lowest BCUT2D eigenvalue weighted by molar-refractivity contribution is 0.207. The summed E-state index contributed by atoms with van der Waals surface area (Å²) in [6.07, 6.45) is 1.88. The molecule has 0 spiro atoms. The van der Waals surface area contributed by atoms with E-state index in [1.807, 2.05) is 35.2 Å². The Hall–Kier alpha value is -1.29. The molecule has 4 nitrogen and oxygen atoms in total. The van der Waals surface area contributed by atoms with Crippen LogP contribution in [0.5, 0.6) is 0 Å². The Bertz CT molecular complexity index is 981. The van der Waals surface area contributed by atoms with Crippen LogP contribution in [0.2, 0.25) is 0 Å². The molecule has 1 heterocycles. The number of methoxy groups -OCH3 is 1. The highest BCUT2D eigenvalue weighted by atomic mass is 127. The Morgan fingerprint density at radius 2 is 2.08 bits per heavy atom. The van der Waals surface area contributed by atoms with Gasteiger partial charge in [-0.05, 0) is 40.8 Å². The third kappa shape index (κ3) is 4.91. The molecule has 134 valence electrons. The fourth-order valence-electron chi connectivity index (χ4n) is 2.30.